The highest BCUT2D eigenvalue weighted by molar-refractivity contribution is 7.90. The number of amides is 1. The zero-order valence-corrected chi connectivity index (χ0v) is 12.3. The number of likely N-dealkylation sites (tertiary alicyclic amines) is 1. The highest BCUT2D eigenvalue weighted by Crippen LogP contribution is 2.31. The van der Waals surface area contributed by atoms with Crippen LogP contribution in [0.5, 0.6) is 0 Å². The van der Waals surface area contributed by atoms with Crippen molar-refractivity contribution in [2.24, 2.45) is 0 Å². The summed E-state index contributed by atoms with van der Waals surface area (Å²) in [5.41, 5.74) is -4.98. The molecule has 0 aromatic carbocycles. The van der Waals surface area contributed by atoms with E-state index in [1.807, 2.05) is 0 Å². The molecule has 1 aromatic rings. The van der Waals surface area contributed by atoms with E-state index >= 15 is 0 Å². The predicted octanol–water partition coefficient (Wildman–Crippen LogP) is 1.06. The molecule has 1 amide bonds. The lowest BCUT2D eigenvalue weighted by Crippen LogP contribution is -2.41. The Labute approximate surface area is 125 Å². The van der Waals surface area contributed by atoms with Gasteiger partial charge in [-0.05, 0) is 19.3 Å². The number of hydrogen-bond acceptors (Lipinski definition) is 4. The van der Waals surface area contributed by atoms with Gasteiger partial charge in [0.15, 0.2) is 0 Å². The molecule has 22 heavy (non-hydrogen) atoms. The minimum atomic E-state index is -5.48. The van der Waals surface area contributed by atoms with Crippen LogP contribution < -0.4 is 0 Å². The Bertz CT molecular complexity index is 711. The summed E-state index contributed by atoms with van der Waals surface area (Å²) in [4.78, 5) is 17.2. The van der Waals surface area contributed by atoms with Crippen LogP contribution in [-0.2, 0) is 27.7 Å². The average molecular weight is 337 g/mol. The summed E-state index contributed by atoms with van der Waals surface area (Å²) in [6.07, 6.45) is 2.90. The van der Waals surface area contributed by atoms with Gasteiger partial charge in [-0.1, -0.05) is 0 Å². The number of halogens is 3. The Balaban J connectivity index is 1.94. The monoisotopic (exact) mass is 337 g/mol. The third-order valence-electron chi connectivity index (χ3n) is 4.16. The van der Waals surface area contributed by atoms with Crippen molar-refractivity contribution in [2.75, 3.05) is 6.54 Å². The second-order valence-electron chi connectivity index (χ2n) is 5.47. The molecule has 1 atom stereocenters. The third kappa shape index (κ3) is 2.29. The van der Waals surface area contributed by atoms with Crippen molar-refractivity contribution in [1.29, 1.82) is 0 Å². The van der Waals surface area contributed by atoms with Crippen LogP contribution in [0.25, 0.3) is 0 Å². The number of aromatic nitrogens is 2. The number of alkyl halides is 3. The van der Waals surface area contributed by atoms with E-state index in [0.717, 1.165) is 6.42 Å². The number of carbonyl (C=O) groups is 1. The predicted molar refractivity (Wildman–Crippen MR) is 69.4 cm³/mol. The molecule has 1 aliphatic carbocycles. The Hall–Kier alpha value is -1.58. The van der Waals surface area contributed by atoms with E-state index in [0.29, 0.717) is 37.8 Å². The van der Waals surface area contributed by atoms with Gasteiger partial charge >= 0.3 is 15.5 Å². The number of nitrogens with zero attached hydrogens (tertiary/aromatic N) is 3. The Morgan fingerprint density at radius 1 is 1.27 bits per heavy atom. The summed E-state index contributed by atoms with van der Waals surface area (Å²) < 4.78 is 61.6. The fourth-order valence-electron chi connectivity index (χ4n) is 3.08. The fraction of sp³-hybridized carbons (Fsp3) is 0.667. The first-order chi connectivity index (χ1) is 10.2. The molecule has 0 saturated carbocycles. The fourth-order valence-corrected chi connectivity index (χ4v) is 3.94. The van der Waals surface area contributed by atoms with Crippen LogP contribution in [0, 0.1) is 0 Å². The number of hydrogen-bond donors (Lipinski definition) is 0. The maximum atomic E-state index is 12.7. The van der Waals surface area contributed by atoms with E-state index in [4.69, 9.17) is 0 Å². The smallest absolute Gasteiger partial charge is 0.339 e. The number of aryl methyl sites for hydroxylation is 1. The second kappa shape index (κ2) is 4.97. The lowest BCUT2D eigenvalue weighted by Gasteiger charge is -2.31. The standard InChI is InChI=1S/C12H14F3N3O3S/c13-12(14,15)22(20,21)18-7-16-9-4-3-8(6-10(9)18)17-5-1-2-11(17)19/h7-8H,1-6H2. The number of imidazole rings is 1. The summed E-state index contributed by atoms with van der Waals surface area (Å²) >= 11 is 0. The van der Waals surface area contributed by atoms with Crippen LogP contribution >= 0.6 is 0 Å². The van der Waals surface area contributed by atoms with Gasteiger partial charge in [-0.2, -0.15) is 21.6 Å². The largest absolute Gasteiger partial charge is 0.517 e. The van der Waals surface area contributed by atoms with E-state index in [1.54, 1.807) is 4.90 Å². The Morgan fingerprint density at radius 2 is 2.00 bits per heavy atom. The first-order valence-corrected chi connectivity index (χ1v) is 8.32. The molecule has 0 bridgehead atoms. The van der Waals surface area contributed by atoms with Gasteiger partial charge < -0.3 is 4.90 Å². The normalized spacial score (nSPS) is 23.0. The van der Waals surface area contributed by atoms with Gasteiger partial charge in [0.2, 0.25) is 5.91 Å². The van der Waals surface area contributed by atoms with Crippen molar-refractivity contribution >= 4 is 15.9 Å². The van der Waals surface area contributed by atoms with Gasteiger partial charge in [0.25, 0.3) is 0 Å². The molecule has 1 unspecified atom stereocenters. The summed E-state index contributed by atoms with van der Waals surface area (Å²) in [5.74, 6) is -0.0295. The van der Waals surface area contributed by atoms with Crippen molar-refractivity contribution in [3.05, 3.63) is 17.7 Å². The Kier molecular flexibility index (Phi) is 3.46. The van der Waals surface area contributed by atoms with Crippen molar-refractivity contribution in [3.8, 4) is 0 Å². The maximum Gasteiger partial charge on any atom is 0.517 e. The van der Waals surface area contributed by atoms with Crippen LogP contribution in [0.15, 0.2) is 6.33 Å². The van der Waals surface area contributed by atoms with Gasteiger partial charge in [0.1, 0.15) is 6.33 Å². The molecule has 6 nitrogen and oxygen atoms in total. The average Bonchev–Trinajstić information content (AvgIpc) is 3.02. The number of carbonyl (C=O) groups excluding carboxylic acids is 1. The molecule has 0 N–H and O–H groups in total. The molecule has 2 aliphatic rings. The Morgan fingerprint density at radius 3 is 2.59 bits per heavy atom. The van der Waals surface area contributed by atoms with E-state index in [1.165, 1.54) is 0 Å². The minimum Gasteiger partial charge on any atom is -0.339 e. The van der Waals surface area contributed by atoms with Crippen LogP contribution in [0.3, 0.4) is 0 Å². The van der Waals surface area contributed by atoms with Crippen molar-refractivity contribution in [3.63, 3.8) is 0 Å². The van der Waals surface area contributed by atoms with Crippen molar-refractivity contribution < 1.29 is 26.4 Å². The maximum absolute atomic E-state index is 12.7. The molecule has 10 heteroatoms. The van der Waals surface area contributed by atoms with Crippen LogP contribution in [0.4, 0.5) is 13.2 Å². The van der Waals surface area contributed by atoms with Crippen molar-refractivity contribution in [2.45, 2.75) is 43.7 Å². The summed E-state index contributed by atoms with van der Waals surface area (Å²) in [5, 5.41) is 0. The van der Waals surface area contributed by atoms with Gasteiger partial charge in [-0.25, -0.2) is 8.96 Å². The van der Waals surface area contributed by atoms with Crippen molar-refractivity contribution in [1.82, 2.24) is 13.9 Å². The van der Waals surface area contributed by atoms with E-state index in [-0.39, 0.29) is 28.0 Å². The molecule has 1 aromatic heterocycles. The first kappa shape index (κ1) is 15.3. The lowest BCUT2D eigenvalue weighted by molar-refractivity contribution is -0.129. The molecule has 3 rings (SSSR count). The highest BCUT2D eigenvalue weighted by atomic mass is 32.2. The quantitative estimate of drug-likeness (QED) is 0.809. The molecule has 1 saturated heterocycles. The van der Waals surface area contributed by atoms with Crippen LogP contribution in [-0.4, -0.2) is 46.3 Å². The van der Waals surface area contributed by atoms with Crippen LogP contribution in [0.2, 0.25) is 0 Å². The molecule has 0 radical (unpaired) electrons. The number of fused-ring (bicyclic) bond motifs is 1. The topological polar surface area (TPSA) is 72.3 Å². The SMILES string of the molecule is O=C1CCCN1C1CCc2ncn(S(=O)(=O)C(F)(F)F)c2C1. The van der Waals surface area contributed by atoms with E-state index < -0.39 is 15.5 Å². The molecular weight excluding hydrogens is 323 g/mol. The van der Waals surface area contributed by atoms with Gasteiger partial charge in [-0.3, -0.25) is 4.79 Å². The molecule has 1 fully saturated rings. The zero-order chi connectivity index (χ0) is 16.1. The summed E-state index contributed by atoms with van der Waals surface area (Å²) in [6.45, 7) is 0.568. The van der Waals surface area contributed by atoms with E-state index in [2.05, 4.69) is 4.98 Å². The zero-order valence-electron chi connectivity index (χ0n) is 11.5. The third-order valence-corrected chi connectivity index (χ3v) is 5.58. The molecule has 1 aliphatic heterocycles. The minimum absolute atomic E-state index is 0.0295. The highest BCUT2D eigenvalue weighted by Gasteiger charge is 2.49. The van der Waals surface area contributed by atoms with E-state index in [9.17, 15) is 26.4 Å². The van der Waals surface area contributed by atoms with Gasteiger partial charge in [0, 0.05) is 25.4 Å². The summed E-state index contributed by atoms with van der Waals surface area (Å²) in [6, 6.07) is -0.263. The van der Waals surface area contributed by atoms with Crippen LogP contribution in [0.1, 0.15) is 30.7 Å². The van der Waals surface area contributed by atoms with Gasteiger partial charge in [-0.15, -0.1) is 0 Å². The van der Waals surface area contributed by atoms with Gasteiger partial charge in [0.05, 0.1) is 11.4 Å². The second-order valence-corrected chi connectivity index (χ2v) is 7.28. The lowest BCUT2D eigenvalue weighted by atomic mass is 9.95. The summed E-state index contributed by atoms with van der Waals surface area (Å²) in [7, 11) is -5.48. The number of rotatable bonds is 2. The first-order valence-electron chi connectivity index (χ1n) is 6.88. The molecule has 0 spiro atoms. The molecule has 2 heterocycles. The molecule has 122 valence electrons. The molecular formula is C12H14F3N3O3S.